The lowest BCUT2D eigenvalue weighted by Gasteiger charge is -2.18. The summed E-state index contributed by atoms with van der Waals surface area (Å²) < 4.78 is 0. The monoisotopic (exact) mass is 261 g/mol. The fourth-order valence-electron chi connectivity index (χ4n) is 1.70. The number of nitrogens with one attached hydrogen (secondary N) is 1. The zero-order valence-electron chi connectivity index (χ0n) is 11.2. The number of aromatic amines is 1. The van der Waals surface area contributed by atoms with E-state index in [9.17, 15) is 0 Å². The summed E-state index contributed by atoms with van der Waals surface area (Å²) in [6.07, 6.45) is 0. The van der Waals surface area contributed by atoms with Crippen LogP contribution in [0.4, 0.5) is 5.82 Å². The van der Waals surface area contributed by atoms with Gasteiger partial charge in [0.2, 0.25) is 0 Å². The average Bonchev–Trinajstić information content (AvgIpc) is 2.57. The van der Waals surface area contributed by atoms with Crippen LogP contribution in [0, 0.1) is 6.92 Å². The number of imidazole rings is 1. The molecule has 1 aromatic carbocycles. The number of aromatic nitrogens is 2. The van der Waals surface area contributed by atoms with Crippen molar-refractivity contribution in [2.45, 2.75) is 43.0 Å². The summed E-state index contributed by atoms with van der Waals surface area (Å²) in [6, 6.07) is 8.57. The van der Waals surface area contributed by atoms with Crippen molar-refractivity contribution in [2.24, 2.45) is 0 Å². The molecule has 3 nitrogen and oxygen atoms in total. The third kappa shape index (κ3) is 2.88. The van der Waals surface area contributed by atoms with Crippen LogP contribution in [0.15, 0.2) is 34.2 Å². The van der Waals surface area contributed by atoms with E-state index in [-0.39, 0.29) is 5.41 Å². The van der Waals surface area contributed by atoms with Crippen LogP contribution in [0.25, 0.3) is 0 Å². The molecule has 0 aliphatic rings. The Balaban J connectivity index is 2.18. The topological polar surface area (TPSA) is 54.7 Å². The van der Waals surface area contributed by atoms with Gasteiger partial charge in [-0.15, -0.1) is 0 Å². The summed E-state index contributed by atoms with van der Waals surface area (Å²) in [5.74, 6) is 1.48. The van der Waals surface area contributed by atoms with Crippen molar-refractivity contribution in [3.05, 3.63) is 35.7 Å². The molecule has 0 unspecified atom stereocenters. The Kier molecular flexibility index (Phi) is 3.39. The summed E-state index contributed by atoms with van der Waals surface area (Å²) in [7, 11) is 0. The Labute approximate surface area is 112 Å². The molecule has 4 heteroatoms. The Morgan fingerprint density at radius 3 is 2.22 bits per heavy atom. The summed E-state index contributed by atoms with van der Waals surface area (Å²) in [5, 5.41) is 0.844. The molecule has 0 radical (unpaired) electrons. The van der Waals surface area contributed by atoms with E-state index in [1.54, 1.807) is 11.8 Å². The number of H-pyrrole nitrogens is 1. The van der Waals surface area contributed by atoms with E-state index in [1.807, 2.05) is 6.92 Å². The molecule has 0 atom stereocenters. The van der Waals surface area contributed by atoms with Crippen molar-refractivity contribution in [1.82, 2.24) is 9.97 Å². The van der Waals surface area contributed by atoms with Crippen LogP contribution in [0.2, 0.25) is 0 Å². The normalized spacial score (nSPS) is 11.8. The Morgan fingerprint density at radius 2 is 1.78 bits per heavy atom. The van der Waals surface area contributed by atoms with Crippen molar-refractivity contribution in [3.63, 3.8) is 0 Å². The fourth-order valence-corrected chi connectivity index (χ4v) is 2.54. The highest BCUT2D eigenvalue weighted by molar-refractivity contribution is 7.99. The number of rotatable bonds is 2. The van der Waals surface area contributed by atoms with Gasteiger partial charge in [0, 0.05) is 4.90 Å². The number of hydrogen-bond donors (Lipinski definition) is 2. The van der Waals surface area contributed by atoms with Crippen molar-refractivity contribution in [2.75, 3.05) is 5.73 Å². The van der Waals surface area contributed by atoms with Gasteiger partial charge in [-0.25, -0.2) is 4.98 Å². The van der Waals surface area contributed by atoms with Crippen LogP contribution < -0.4 is 5.73 Å². The second-order valence-corrected chi connectivity index (χ2v) is 6.48. The molecule has 0 aliphatic carbocycles. The number of benzene rings is 1. The van der Waals surface area contributed by atoms with Crippen LogP contribution in [0.5, 0.6) is 0 Å². The largest absolute Gasteiger partial charge is 0.383 e. The summed E-state index contributed by atoms with van der Waals surface area (Å²) >= 11 is 1.59. The molecule has 0 amide bonds. The van der Waals surface area contributed by atoms with Crippen molar-refractivity contribution in [3.8, 4) is 0 Å². The number of nitrogens with two attached hydrogens (primary N) is 1. The van der Waals surface area contributed by atoms with Crippen molar-refractivity contribution < 1.29 is 0 Å². The van der Waals surface area contributed by atoms with Gasteiger partial charge in [-0.3, -0.25) is 0 Å². The minimum atomic E-state index is 0.186. The first kappa shape index (κ1) is 13.0. The van der Waals surface area contributed by atoms with E-state index in [4.69, 9.17) is 5.73 Å². The van der Waals surface area contributed by atoms with Crippen molar-refractivity contribution >= 4 is 17.6 Å². The standard InChI is InChI=1S/C14H19N3S/c1-9-16-12(15)13(17-9)18-11-7-5-10(6-8-11)14(2,3)4/h5-8H,15H2,1-4H3,(H,16,17). The second-order valence-electron chi connectivity index (χ2n) is 5.42. The lowest BCUT2D eigenvalue weighted by molar-refractivity contribution is 0.590. The van der Waals surface area contributed by atoms with Crippen molar-refractivity contribution in [1.29, 1.82) is 0 Å². The molecular weight excluding hydrogens is 242 g/mol. The predicted molar refractivity (Wildman–Crippen MR) is 77.0 cm³/mol. The summed E-state index contributed by atoms with van der Waals surface area (Å²) in [5.41, 5.74) is 7.37. The fraction of sp³-hybridized carbons (Fsp3) is 0.357. The van der Waals surface area contributed by atoms with Crippen LogP contribution >= 0.6 is 11.8 Å². The molecule has 2 aromatic rings. The number of aryl methyl sites for hydroxylation is 1. The Hall–Kier alpha value is -1.42. The maximum Gasteiger partial charge on any atom is 0.143 e. The van der Waals surface area contributed by atoms with E-state index in [0.717, 1.165) is 15.7 Å². The van der Waals surface area contributed by atoms with Gasteiger partial charge in [0.1, 0.15) is 16.7 Å². The van der Waals surface area contributed by atoms with E-state index in [0.29, 0.717) is 5.82 Å². The quantitative estimate of drug-likeness (QED) is 0.865. The van der Waals surface area contributed by atoms with Crippen LogP contribution in [-0.4, -0.2) is 9.97 Å². The summed E-state index contributed by atoms with van der Waals surface area (Å²) in [6.45, 7) is 8.54. The molecule has 0 spiro atoms. The Morgan fingerprint density at radius 1 is 1.17 bits per heavy atom. The molecule has 0 bridgehead atoms. The Bertz CT molecular complexity index is 535. The SMILES string of the molecule is Cc1nc(Sc2ccc(C(C)(C)C)cc2)c(N)[nH]1. The minimum Gasteiger partial charge on any atom is -0.383 e. The van der Waals surface area contributed by atoms with Gasteiger partial charge >= 0.3 is 0 Å². The van der Waals surface area contributed by atoms with E-state index in [2.05, 4.69) is 55.0 Å². The lowest BCUT2D eigenvalue weighted by atomic mass is 9.87. The molecule has 2 rings (SSSR count). The van der Waals surface area contributed by atoms with Gasteiger partial charge in [-0.05, 0) is 30.0 Å². The molecule has 0 saturated heterocycles. The first-order valence-electron chi connectivity index (χ1n) is 5.97. The number of anilines is 1. The molecule has 96 valence electrons. The molecule has 3 N–H and O–H groups in total. The van der Waals surface area contributed by atoms with Crippen LogP contribution in [0.3, 0.4) is 0 Å². The molecule has 0 saturated carbocycles. The molecular formula is C14H19N3S. The van der Waals surface area contributed by atoms with E-state index < -0.39 is 0 Å². The maximum absolute atomic E-state index is 5.85. The number of nitrogen functional groups attached to an aromatic ring is 1. The average molecular weight is 261 g/mol. The minimum absolute atomic E-state index is 0.186. The lowest BCUT2D eigenvalue weighted by Crippen LogP contribution is -2.10. The third-order valence-corrected chi connectivity index (χ3v) is 3.76. The molecule has 1 heterocycles. The van der Waals surface area contributed by atoms with Gasteiger partial charge in [-0.1, -0.05) is 44.7 Å². The zero-order valence-corrected chi connectivity index (χ0v) is 12.1. The first-order valence-corrected chi connectivity index (χ1v) is 6.78. The van der Waals surface area contributed by atoms with Gasteiger partial charge in [0.15, 0.2) is 0 Å². The van der Waals surface area contributed by atoms with Gasteiger partial charge in [-0.2, -0.15) is 0 Å². The van der Waals surface area contributed by atoms with E-state index in [1.165, 1.54) is 5.56 Å². The van der Waals surface area contributed by atoms with Crippen LogP contribution in [-0.2, 0) is 5.41 Å². The smallest absolute Gasteiger partial charge is 0.143 e. The molecule has 18 heavy (non-hydrogen) atoms. The third-order valence-electron chi connectivity index (χ3n) is 2.75. The second kappa shape index (κ2) is 4.69. The van der Waals surface area contributed by atoms with Gasteiger partial charge in [0.25, 0.3) is 0 Å². The van der Waals surface area contributed by atoms with Gasteiger partial charge in [0.05, 0.1) is 0 Å². The molecule has 1 aromatic heterocycles. The van der Waals surface area contributed by atoms with Gasteiger partial charge < -0.3 is 10.7 Å². The summed E-state index contributed by atoms with van der Waals surface area (Å²) in [4.78, 5) is 8.52. The predicted octanol–water partition coefficient (Wildman–Crippen LogP) is 3.75. The molecule has 0 aliphatic heterocycles. The highest BCUT2D eigenvalue weighted by Crippen LogP contribution is 2.31. The molecule has 0 fully saturated rings. The van der Waals surface area contributed by atoms with Crippen LogP contribution in [0.1, 0.15) is 32.2 Å². The highest BCUT2D eigenvalue weighted by Gasteiger charge is 2.13. The maximum atomic E-state index is 5.85. The number of nitrogens with zero attached hydrogens (tertiary/aromatic N) is 1. The highest BCUT2D eigenvalue weighted by atomic mass is 32.2. The number of hydrogen-bond acceptors (Lipinski definition) is 3. The first-order chi connectivity index (χ1) is 8.36. The zero-order chi connectivity index (χ0) is 13.3. The van der Waals surface area contributed by atoms with E-state index >= 15 is 0 Å².